The Kier molecular flexibility index (Phi) is 3.73. The van der Waals surface area contributed by atoms with E-state index in [-0.39, 0.29) is 5.92 Å². The summed E-state index contributed by atoms with van der Waals surface area (Å²) in [6, 6.07) is 12.0. The van der Waals surface area contributed by atoms with Crippen molar-refractivity contribution >= 4 is 11.8 Å². The molecule has 2 aromatic rings. The highest BCUT2D eigenvalue weighted by atomic mass is 32.2. The van der Waals surface area contributed by atoms with Crippen LogP contribution in [0, 0.1) is 11.3 Å². The van der Waals surface area contributed by atoms with Gasteiger partial charge in [0.15, 0.2) is 0 Å². The van der Waals surface area contributed by atoms with E-state index in [0.29, 0.717) is 5.75 Å². The summed E-state index contributed by atoms with van der Waals surface area (Å²) in [5.74, 6) is 0.507. The van der Waals surface area contributed by atoms with E-state index in [1.54, 1.807) is 11.7 Å². The molecule has 0 aliphatic heterocycles. The number of tetrazole rings is 1. The molecule has 0 aliphatic carbocycles. The third-order valence-corrected chi connectivity index (χ3v) is 3.42. The molecule has 6 heteroatoms. The van der Waals surface area contributed by atoms with E-state index in [4.69, 9.17) is 5.26 Å². The molecule has 0 amide bonds. The van der Waals surface area contributed by atoms with Gasteiger partial charge in [0.2, 0.25) is 5.16 Å². The van der Waals surface area contributed by atoms with Gasteiger partial charge in [0.25, 0.3) is 0 Å². The van der Waals surface area contributed by atoms with Gasteiger partial charge in [-0.15, -0.1) is 5.10 Å². The number of benzene rings is 1. The summed E-state index contributed by atoms with van der Waals surface area (Å²) in [4.78, 5) is 0. The van der Waals surface area contributed by atoms with Gasteiger partial charge in [0, 0.05) is 12.8 Å². The fourth-order valence-corrected chi connectivity index (χ4v) is 2.30. The Balaban J connectivity index is 2.03. The van der Waals surface area contributed by atoms with Crippen molar-refractivity contribution in [3.63, 3.8) is 0 Å². The quantitative estimate of drug-likeness (QED) is 0.765. The van der Waals surface area contributed by atoms with Gasteiger partial charge < -0.3 is 0 Å². The van der Waals surface area contributed by atoms with E-state index < -0.39 is 0 Å². The Morgan fingerprint density at radius 3 is 2.76 bits per heavy atom. The molecule has 86 valence electrons. The molecule has 5 nitrogen and oxygen atoms in total. The normalized spacial score (nSPS) is 12.0. The second-order valence-corrected chi connectivity index (χ2v) is 4.48. The van der Waals surface area contributed by atoms with Gasteiger partial charge in [-0.05, 0) is 16.0 Å². The summed E-state index contributed by atoms with van der Waals surface area (Å²) >= 11 is 1.49. The summed E-state index contributed by atoms with van der Waals surface area (Å²) < 4.78 is 1.60. The predicted molar refractivity (Wildman–Crippen MR) is 64.3 cm³/mol. The molecule has 0 fully saturated rings. The third-order valence-electron chi connectivity index (χ3n) is 2.32. The van der Waals surface area contributed by atoms with Crippen molar-refractivity contribution in [3.05, 3.63) is 35.9 Å². The highest BCUT2D eigenvalue weighted by Gasteiger charge is 2.12. The zero-order valence-corrected chi connectivity index (χ0v) is 10.1. The SMILES string of the molecule is Cn1nnnc1SCC(C#N)c1ccccc1. The Hall–Kier alpha value is -1.87. The molecule has 0 saturated heterocycles. The molecule has 0 spiro atoms. The molecule has 0 bridgehead atoms. The number of rotatable bonds is 4. The molecule has 0 radical (unpaired) electrons. The lowest BCUT2D eigenvalue weighted by molar-refractivity contribution is 0.664. The molecule has 17 heavy (non-hydrogen) atoms. The minimum absolute atomic E-state index is 0.141. The second kappa shape index (κ2) is 5.46. The van der Waals surface area contributed by atoms with Gasteiger partial charge in [0.05, 0.1) is 12.0 Å². The lowest BCUT2D eigenvalue weighted by Crippen LogP contribution is -2.01. The smallest absolute Gasteiger partial charge is 0.209 e. The van der Waals surface area contributed by atoms with Crippen LogP contribution in [-0.4, -0.2) is 26.0 Å². The van der Waals surface area contributed by atoms with Gasteiger partial charge in [-0.2, -0.15) is 5.26 Å². The van der Waals surface area contributed by atoms with Crippen molar-refractivity contribution in [3.8, 4) is 6.07 Å². The molecular formula is C11H11N5S. The van der Waals surface area contributed by atoms with E-state index in [1.807, 2.05) is 30.3 Å². The Morgan fingerprint density at radius 1 is 1.41 bits per heavy atom. The number of nitrogens with zero attached hydrogens (tertiary/aromatic N) is 5. The summed E-state index contributed by atoms with van der Waals surface area (Å²) in [6.07, 6.45) is 0. The van der Waals surface area contributed by atoms with Crippen LogP contribution in [0.3, 0.4) is 0 Å². The zero-order valence-electron chi connectivity index (χ0n) is 9.32. The first-order valence-corrected chi connectivity index (χ1v) is 6.09. The zero-order chi connectivity index (χ0) is 12.1. The summed E-state index contributed by atoms with van der Waals surface area (Å²) in [6.45, 7) is 0. The van der Waals surface area contributed by atoms with E-state index in [0.717, 1.165) is 10.7 Å². The van der Waals surface area contributed by atoms with Crippen LogP contribution in [0.1, 0.15) is 11.5 Å². The van der Waals surface area contributed by atoms with Crippen LogP contribution in [0.25, 0.3) is 0 Å². The van der Waals surface area contributed by atoms with E-state index >= 15 is 0 Å². The molecule has 1 aromatic carbocycles. The fourth-order valence-electron chi connectivity index (χ4n) is 1.39. The number of nitriles is 1. The van der Waals surface area contributed by atoms with Crippen molar-refractivity contribution in [2.24, 2.45) is 7.05 Å². The minimum atomic E-state index is -0.141. The molecule has 1 aromatic heterocycles. The largest absolute Gasteiger partial charge is 0.224 e. The molecule has 1 unspecified atom stereocenters. The van der Waals surface area contributed by atoms with Crippen LogP contribution in [-0.2, 0) is 7.05 Å². The molecule has 1 heterocycles. The molecule has 1 atom stereocenters. The Bertz CT molecular complexity index is 516. The van der Waals surface area contributed by atoms with Gasteiger partial charge in [0.1, 0.15) is 0 Å². The Morgan fingerprint density at radius 2 is 2.18 bits per heavy atom. The van der Waals surface area contributed by atoms with E-state index in [2.05, 4.69) is 21.6 Å². The number of thioether (sulfide) groups is 1. The standard InChI is InChI=1S/C11H11N5S/c1-16-11(13-14-15-16)17-8-10(7-12)9-5-3-2-4-6-9/h2-6,10H,8H2,1H3. The van der Waals surface area contributed by atoms with Crippen LogP contribution in [0.4, 0.5) is 0 Å². The van der Waals surface area contributed by atoms with Gasteiger partial charge >= 0.3 is 0 Å². The maximum Gasteiger partial charge on any atom is 0.209 e. The van der Waals surface area contributed by atoms with Crippen molar-refractivity contribution < 1.29 is 0 Å². The summed E-state index contributed by atoms with van der Waals surface area (Å²) in [5.41, 5.74) is 1.03. The molecule has 2 rings (SSSR count). The number of hydrogen-bond donors (Lipinski definition) is 0. The average molecular weight is 245 g/mol. The van der Waals surface area contributed by atoms with E-state index in [9.17, 15) is 0 Å². The molecule has 0 aliphatic rings. The first-order valence-electron chi connectivity index (χ1n) is 5.11. The monoisotopic (exact) mass is 245 g/mol. The van der Waals surface area contributed by atoms with E-state index in [1.165, 1.54) is 11.8 Å². The highest BCUT2D eigenvalue weighted by molar-refractivity contribution is 7.99. The molecule has 0 saturated carbocycles. The number of hydrogen-bond acceptors (Lipinski definition) is 5. The number of aromatic nitrogens is 4. The second-order valence-electron chi connectivity index (χ2n) is 3.49. The van der Waals surface area contributed by atoms with Crippen molar-refractivity contribution in [2.45, 2.75) is 11.1 Å². The van der Waals surface area contributed by atoms with Crippen LogP contribution in [0.2, 0.25) is 0 Å². The third kappa shape index (κ3) is 2.82. The van der Waals surface area contributed by atoms with Gasteiger partial charge in [-0.1, -0.05) is 42.1 Å². The van der Waals surface area contributed by atoms with Crippen LogP contribution in [0.15, 0.2) is 35.5 Å². The van der Waals surface area contributed by atoms with Crippen molar-refractivity contribution in [1.82, 2.24) is 20.2 Å². The first-order chi connectivity index (χ1) is 8.31. The minimum Gasteiger partial charge on any atom is -0.224 e. The molecule has 0 N–H and O–H groups in total. The van der Waals surface area contributed by atoms with Crippen LogP contribution in [0.5, 0.6) is 0 Å². The average Bonchev–Trinajstić information content (AvgIpc) is 2.77. The Labute approximate surface area is 103 Å². The number of aryl methyl sites for hydroxylation is 1. The van der Waals surface area contributed by atoms with Crippen molar-refractivity contribution in [1.29, 1.82) is 5.26 Å². The summed E-state index contributed by atoms with van der Waals surface area (Å²) in [5, 5.41) is 21.1. The fraction of sp³-hybridized carbons (Fsp3) is 0.273. The van der Waals surface area contributed by atoms with Crippen LogP contribution >= 0.6 is 11.8 Å². The topological polar surface area (TPSA) is 67.4 Å². The lowest BCUT2D eigenvalue weighted by Gasteiger charge is -2.07. The van der Waals surface area contributed by atoms with Gasteiger partial charge in [-0.25, -0.2) is 4.68 Å². The summed E-state index contributed by atoms with van der Waals surface area (Å²) in [7, 11) is 1.78. The first kappa shape index (κ1) is 11.6. The maximum absolute atomic E-state index is 9.16. The maximum atomic E-state index is 9.16. The van der Waals surface area contributed by atoms with Crippen LogP contribution < -0.4 is 0 Å². The van der Waals surface area contributed by atoms with Gasteiger partial charge in [-0.3, -0.25) is 0 Å². The lowest BCUT2D eigenvalue weighted by atomic mass is 10.0. The predicted octanol–water partition coefficient (Wildman–Crippen LogP) is 1.61. The highest BCUT2D eigenvalue weighted by Crippen LogP contribution is 2.23. The molecular weight excluding hydrogens is 234 g/mol. The van der Waals surface area contributed by atoms with Crippen molar-refractivity contribution in [2.75, 3.05) is 5.75 Å².